The van der Waals surface area contributed by atoms with Crippen molar-refractivity contribution in [1.82, 2.24) is 0 Å². The first kappa shape index (κ1) is 26.5. The van der Waals surface area contributed by atoms with Crippen LogP contribution in [-0.4, -0.2) is 0 Å². The zero-order valence-electron chi connectivity index (χ0n) is 25.5. The normalized spacial score (nSPS) is 11.6. The monoisotopic (exact) mass is 586 g/mol. The molecule has 0 spiro atoms. The summed E-state index contributed by atoms with van der Waals surface area (Å²) >= 11 is 0. The van der Waals surface area contributed by atoms with E-state index in [4.69, 9.17) is 4.42 Å². The van der Waals surface area contributed by atoms with E-state index in [1.165, 1.54) is 66.1 Å². The van der Waals surface area contributed by atoms with Gasteiger partial charge in [-0.25, -0.2) is 0 Å². The maximum atomic E-state index is 6.72. The molecule has 0 atom stereocenters. The molecule has 0 radical (unpaired) electrons. The second-order valence-electron chi connectivity index (χ2n) is 12.1. The van der Waals surface area contributed by atoms with E-state index in [0.29, 0.717) is 0 Å². The standard InChI is InChI=1S/C45H30O/c1-29-19-21-32(22-20-29)34-27-40-35-13-9-10-18-42(35)46-45(40)41(28-34)44-38-16-7-5-14-36(38)43(37-15-6-8-17-39(37)44)33-25-23-31(24-26-33)30-11-3-2-4-12-30/h2-28H,1H3. The molecule has 9 aromatic rings. The average Bonchev–Trinajstić information content (AvgIpc) is 3.50. The van der Waals surface area contributed by atoms with Crippen LogP contribution in [0.25, 0.3) is 88.0 Å². The molecule has 0 amide bonds. The molecule has 0 aliphatic carbocycles. The number of aryl methyl sites for hydroxylation is 1. The molecule has 9 rings (SSSR count). The largest absolute Gasteiger partial charge is 0.455 e. The summed E-state index contributed by atoms with van der Waals surface area (Å²) in [5.41, 5.74) is 12.7. The second kappa shape index (κ2) is 10.6. The molecule has 46 heavy (non-hydrogen) atoms. The third-order valence-electron chi connectivity index (χ3n) is 9.34. The fraction of sp³-hybridized carbons (Fsp3) is 0.0222. The Bertz CT molecular complexity index is 2490. The minimum absolute atomic E-state index is 0.906. The van der Waals surface area contributed by atoms with Gasteiger partial charge in [-0.1, -0.05) is 151 Å². The molecule has 0 saturated carbocycles. The number of fused-ring (bicyclic) bond motifs is 5. The highest BCUT2D eigenvalue weighted by Gasteiger charge is 2.21. The van der Waals surface area contributed by atoms with Crippen LogP contribution in [0.1, 0.15) is 5.56 Å². The lowest BCUT2D eigenvalue weighted by molar-refractivity contribution is 0.670. The van der Waals surface area contributed by atoms with E-state index in [2.05, 4.69) is 165 Å². The van der Waals surface area contributed by atoms with Gasteiger partial charge in [0.2, 0.25) is 0 Å². The molecule has 0 fully saturated rings. The van der Waals surface area contributed by atoms with Gasteiger partial charge in [0.15, 0.2) is 0 Å². The number of benzene rings is 8. The molecule has 0 saturated heterocycles. The minimum Gasteiger partial charge on any atom is -0.455 e. The fourth-order valence-corrected chi connectivity index (χ4v) is 7.11. The van der Waals surface area contributed by atoms with Crippen molar-refractivity contribution < 1.29 is 4.42 Å². The summed E-state index contributed by atoms with van der Waals surface area (Å²) < 4.78 is 6.72. The minimum atomic E-state index is 0.906. The van der Waals surface area contributed by atoms with Crippen LogP contribution in [-0.2, 0) is 0 Å². The van der Waals surface area contributed by atoms with Crippen molar-refractivity contribution in [2.24, 2.45) is 0 Å². The van der Waals surface area contributed by atoms with Crippen molar-refractivity contribution in [3.05, 3.63) is 169 Å². The maximum Gasteiger partial charge on any atom is 0.143 e. The Morgan fingerprint density at radius 2 is 0.826 bits per heavy atom. The Kier molecular flexibility index (Phi) is 6.11. The average molecular weight is 587 g/mol. The van der Waals surface area contributed by atoms with E-state index in [1.807, 2.05) is 6.07 Å². The lowest BCUT2D eigenvalue weighted by Crippen LogP contribution is -1.92. The van der Waals surface area contributed by atoms with Gasteiger partial charge >= 0.3 is 0 Å². The van der Waals surface area contributed by atoms with Gasteiger partial charge in [-0.2, -0.15) is 0 Å². The van der Waals surface area contributed by atoms with Crippen molar-refractivity contribution in [1.29, 1.82) is 0 Å². The summed E-state index contributed by atoms with van der Waals surface area (Å²) in [6.45, 7) is 2.14. The number of hydrogen-bond donors (Lipinski definition) is 0. The lowest BCUT2D eigenvalue weighted by Gasteiger charge is -2.18. The number of para-hydroxylation sites is 1. The maximum absolute atomic E-state index is 6.72. The van der Waals surface area contributed by atoms with E-state index in [-0.39, 0.29) is 0 Å². The molecule has 0 aliphatic heterocycles. The molecule has 1 heterocycles. The second-order valence-corrected chi connectivity index (χ2v) is 12.1. The summed E-state index contributed by atoms with van der Waals surface area (Å²) in [6.07, 6.45) is 0. The van der Waals surface area contributed by atoms with E-state index in [0.717, 1.165) is 27.5 Å². The van der Waals surface area contributed by atoms with Gasteiger partial charge in [-0.3, -0.25) is 0 Å². The Morgan fingerprint density at radius 3 is 1.48 bits per heavy atom. The van der Waals surface area contributed by atoms with Crippen LogP contribution < -0.4 is 0 Å². The van der Waals surface area contributed by atoms with Crippen molar-refractivity contribution in [3.63, 3.8) is 0 Å². The molecule has 0 bridgehead atoms. The van der Waals surface area contributed by atoms with Crippen LogP contribution in [0.2, 0.25) is 0 Å². The van der Waals surface area contributed by atoms with E-state index in [1.54, 1.807) is 0 Å². The van der Waals surface area contributed by atoms with E-state index < -0.39 is 0 Å². The SMILES string of the molecule is Cc1ccc(-c2cc(-c3c4ccccc4c(-c4ccc(-c5ccccc5)cc4)c4ccccc34)c3oc4ccccc4c3c2)cc1. The smallest absolute Gasteiger partial charge is 0.143 e. The van der Waals surface area contributed by atoms with E-state index >= 15 is 0 Å². The van der Waals surface area contributed by atoms with Crippen molar-refractivity contribution >= 4 is 43.5 Å². The predicted octanol–water partition coefficient (Wildman–Crippen LogP) is 12.9. The molecule has 0 N–H and O–H groups in total. The molecular formula is C45H30O. The highest BCUT2D eigenvalue weighted by Crippen LogP contribution is 2.47. The third-order valence-corrected chi connectivity index (χ3v) is 9.34. The van der Waals surface area contributed by atoms with Gasteiger partial charge in [0.25, 0.3) is 0 Å². The topological polar surface area (TPSA) is 13.1 Å². The highest BCUT2D eigenvalue weighted by atomic mass is 16.3. The molecule has 8 aromatic carbocycles. The van der Waals surface area contributed by atoms with Crippen LogP contribution >= 0.6 is 0 Å². The molecule has 216 valence electrons. The lowest BCUT2D eigenvalue weighted by atomic mass is 9.84. The Hall–Kier alpha value is -5.92. The van der Waals surface area contributed by atoms with E-state index in [9.17, 15) is 0 Å². The zero-order chi connectivity index (χ0) is 30.6. The van der Waals surface area contributed by atoms with Gasteiger partial charge in [0, 0.05) is 21.9 Å². The predicted molar refractivity (Wildman–Crippen MR) is 195 cm³/mol. The quantitative estimate of drug-likeness (QED) is 0.187. The first-order chi connectivity index (χ1) is 22.7. The zero-order valence-corrected chi connectivity index (χ0v) is 25.5. The Balaban J connectivity index is 1.36. The molecule has 1 heteroatoms. The van der Waals surface area contributed by atoms with Gasteiger partial charge < -0.3 is 4.42 Å². The summed E-state index contributed by atoms with van der Waals surface area (Å²) in [7, 11) is 0. The van der Waals surface area contributed by atoms with Crippen LogP contribution in [0, 0.1) is 6.92 Å². The first-order valence-corrected chi connectivity index (χ1v) is 15.8. The van der Waals surface area contributed by atoms with Crippen LogP contribution in [0.4, 0.5) is 0 Å². The van der Waals surface area contributed by atoms with Crippen molar-refractivity contribution in [2.75, 3.05) is 0 Å². The highest BCUT2D eigenvalue weighted by molar-refractivity contribution is 6.24. The Morgan fingerprint density at radius 1 is 0.348 bits per heavy atom. The molecule has 0 unspecified atom stereocenters. The molecule has 0 aliphatic rings. The summed E-state index contributed by atoms with van der Waals surface area (Å²) in [6, 6.07) is 59.1. The number of furan rings is 1. The van der Waals surface area contributed by atoms with Crippen LogP contribution in [0.3, 0.4) is 0 Å². The third kappa shape index (κ3) is 4.24. The van der Waals surface area contributed by atoms with Gasteiger partial charge in [0.1, 0.15) is 11.2 Å². The van der Waals surface area contributed by atoms with Crippen LogP contribution in [0.15, 0.2) is 168 Å². The summed E-state index contributed by atoms with van der Waals surface area (Å²) in [5, 5.41) is 7.16. The van der Waals surface area contributed by atoms with Gasteiger partial charge in [-0.05, 0) is 80.0 Å². The first-order valence-electron chi connectivity index (χ1n) is 15.8. The van der Waals surface area contributed by atoms with Crippen molar-refractivity contribution in [3.8, 4) is 44.5 Å². The number of rotatable bonds is 4. The summed E-state index contributed by atoms with van der Waals surface area (Å²) in [5.74, 6) is 0. The summed E-state index contributed by atoms with van der Waals surface area (Å²) in [4.78, 5) is 0. The molecule has 1 aromatic heterocycles. The van der Waals surface area contributed by atoms with Crippen molar-refractivity contribution in [2.45, 2.75) is 6.92 Å². The fourth-order valence-electron chi connectivity index (χ4n) is 7.11. The molecular weight excluding hydrogens is 556 g/mol. The molecule has 1 nitrogen and oxygen atoms in total. The van der Waals surface area contributed by atoms with Gasteiger partial charge in [0.05, 0.1) is 0 Å². The van der Waals surface area contributed by atoms with Gasteiger partial charge in [-0.15, -0.1) is 0 Å². The Labute approximate surface area is 268 Å². The number of hydrogen-bond acceptors (Lipinski definition) is 1. The van der Waals surface area contributed by atoms with Crippen LogP contribution in [0.5, 0.6) is 0 Å².